The van der Waals surface area contributed by atoms with Gasteiger partial charge in [0.05, 0.1) is 0 Å². The summed E-state index contributed by atoms with van der Waals surface area (Å²) in [6, 6.07) is 52.9. The van der Waals surface area contributed by atoms with Gasteiger partial charge in [-0.25, -0.2) is 0 Å². The van der Waals surface area contributed by atoms with Crippen LogP contribution in [0.25, 0.3) is 33.4 Å². The molecule has 0 amide bonds. The first-order valence-electron chi connectivity index (χ1n) is 25.1. The monoisotopic (exact) mass is 816 g/mol. The van der Waals surface area contributed by atoms with Crippen molar-refractivity contribution in [2.45, 2.75) is 159 Å². The van der Waals surface area contributed by atoms with Crippen LogP contribution < -0.4 is 4.90 Å². The number of nitrogens with zero attached hydrogens (tertiary/aromatic N) is 1. The number of hydrogen-bond acceptors (Lipinski definition) is 1. The molecule has 6 aromatic carbocycles. The van der Waals surface area contributed by atoms with Crippen LogP contribution in [0.2, 0.25) is 0 Å². The van der Waals surface area contributed by atoms with Crippen LogP contribution in [-0.4, -0.2) is 0 Å². The van der Waals surface area contributed by atoms with E-state index in [1.54, 1.807) is 11.1 Å². The van der Waals surface area contributed by atoms with E-state index in [0.717, 1.165) is 11.8 Å². The van der Waals surface area contributed by atoms with Gasteiger partial charge in [0.1, 0.15) is 0 Å². The Balaban J connectivity index is 0.998. The molecule has 318 valence electrons. The quantitative estimate of drug-likeness (QED) is 0.119. The Morgan fingerprint density at radius 3 is 1.45 bits per heavy atom. The van der Waals surface area contributed by atoms with Gasteiger partial charge in [0.2, 0.25) is 0 Å². The summed E-state index contributed by atoms with van der Waals surface area (Å²) in [7, 11) is 0. The summed E-state index contributed by atoms with van der Waals surface area (Å²) < 4.78 is 0. The van der Waals surface area contributed by atoms with Crippen LogP contribution >= 0.6 is 0 Å². The highest BCUT2D eigenvalue weighted by Crippen LogP contribution is 2.55. The lowest BCUT2D eigenvalue weighted by Crippen LogP contribution is -2.25. The van der Waals surface area contributed by atoms with Crippen molar-refractivity contribution in [3.8, 4) is 33.4 Å². The predicted molar refractivity (Wildman–Crippen MR) is 266 cm³/mol. The van der Waals surface area contributed by atoms with Gasteiger partial charge in [-0.1, -0.05) is 182 Å². The Morgan fingerprint density at radius 2 is 0.871 bits per heavy atom. The summed E-state index contributed by atoms with van der Waals surface area (Å²) in [5, 5.41) is 0. The van der Waals surface area contributed by atoms with Crippen LogP contribution in [0.15, 0.2) is 133 Å². The minimum Gasteiger partial charge on any atom is -0.310 e. The van der Waals surface area contributed by atoms with Crippen molar-refractivity contribution in [1.82, 2.24) is 0 Å². The second kappa shape index (κ2) is 18.5. The summed E-state index contributed by atoms with van der Waals surface area (Å²) in [4.78, 5) is 2.55. The van der Waals surface area contributed by atoms with E-state index >= 15 is 0 Å². The largest absolute Gasteiger partial charge is 0.310 e. The van der Waals surface area contributed by atoms with Crippen molar-refractivity contribution in [2.75, 3.05) is 4.90 Å². The highest BCUT2D eigenvalue weighted by Gasteiger charge is 2.42. The van der Waals surface area contributed by atoms with E-state index in [9.17, 15) is 0 Å². The minimum atomic E-state index is 0.0473. The molecule has 0 spiro atoms. The van der Waals surface area contributed by atoms with E-state index < -0.39 is 0 Å². The van der Waals surface area contributed by atoms with Crippen LogP contribution in [0.5, 0.6) is 0 Å². The summed E-state index contributed by atoms with van der Waals surface area (Å²) in [5.41, 5.74) is 19.7. The Labute approximate surface area is 374 Å². The third-order valence-electron chi connectivity index (χ3n) is 15.9. The molecule has 0 aliphatic heterocycles. The molecule has 3 fully saturated rings. The molecule has 0 atom stereocenters. The number of benzene rings is 6. The molecule has 0 aromatic heterocycles. The minimum absolute atomic E-state index is 0.0473. The Bertz CT molecular complexity index is 2390. The van der Waals surface area contributed by atoms with E-state index in [-0.39, 0.29) is 5.41 Å². The first kappa shape index (κ1) is 41.1. The predicted octanol–water partition coefficient (Wildman–Crippen LogP) is 18.5. The van der Waals surface area contributed by atoms with Crippen LogP contribution in [-0.2, 0) is 5.41 Å². The normalized spacial score (nSPS) is 18.0. The van der Waals surface area contributed by atoms with E-state index in [0.29, 0.717) is 5.92 Å². The molecule has 0 N–H and O–H groups in total. The van der Waals surface area contributed by atoms with Crippen molar-refractivity contribution in [2.24, 2.45) is 0 Å². The molecule has 0 radical (unpaired) electrons. The Morgan fingerprint density at radius 1 is 0.387 bits per heavy atom. The number of anilines is 3. The standard InChI is InChI=1S/C61H69N/c1-3-37-61(38-4-2)59-26-15-14-25-57(59)58-36-35-56(43-60(58)61)62(55-24-16-23-50(42-55)44-17-8-5-9-18-44)54-33-31-48(32-34-54)47-27-29-49(30-28-47)53-40-51(45-19-10-6-11-20-45)39-52(41-53)46-21-12-7-13-22-46/h14-16,23-36,39-46H,3-13,17-22,37-38H2,1-2H3. The van der Waals surface area contributed by atoms with Gasteiger partial charge in [-0.15, -0.1) is 0 Å². The molecular weight excluding hydrogens is 747 g/mol. The number of rotatable bonds is 12. The summed E-state index contributed by atoms with van der Waals surface area (Å²) in [6.45, 7) is 4.73. The van der Waals surface area contributed by atoms with E-state index in [4.69, 9.17) is 0 Å². The molecule has 0 bridgehead atoms. The molecule has 62 heavy (non-hydrogen) atoms. The molecule has 4 aliphatic carbocycles. The van der Waals surface area contributed by atoms with Crippen LogP contribution in [0.4, 0.5) is 17.1 Å². The average molecular weight is 816 g/mol. The fourth-order valence-electron chi connectivity index (χ4n) is 12.7. The SMILES string of the molecule is CCCC1(CCC)c2ccccc2-c2ccc(N(c3ccc(-c4ccc(-c5cc(C6CCCCC6)cc(C6CCCCC6)c5)cc4)cc3)c3cccc(C4CCCCC4)c3)cc21. The third-order valence-corrected chi connectivity index (χ3v) is 15.9. The molecule has 0 heterocycles. The van der Waals surface area contributed by atoms with Gasteiger partial charge in [0, 0.05) is 22.5 Å². The molecular formula is C61H69N. The van der Waals surface area contributed by atoms with Gasteiger partial charge in [0.15, 0.2) is 0 Å². The fourth-order valence-corrected chi connectivity index (χ4v) is 12.7. The number of fused-ring (bicyclic) bond motifs is 3. The second-order valence-electron chi connectivity index (χ2n) is 19.8. The molecule has 6 aromatic rings. The highest BCUT2D eigenvalue weighted by molar-refractivity contribution is 5.86. The maximum atomic E-state index is 2.62. The lowest BCUT2D eigenvalue weighted by molar-refractivity contribution is 0.435. The van der Waals surface area contributed by atoms with E-state index in [1.165, 1.54) is 189 Å². The zero-order chi connectivity index (χ0) is 41.9. The van der Waals surface area contributed by atoms with Crippen LogP contribution in [0.3, 0.4) is 0 Å². The van der Waals surface area contributed by atoms with Crippen molar-refractivity contribution >= 4 is 17.1 Å². The Hall–Kier alpha value is -4.88. The average Bonchev–Trinajstić information content (AvgIpc) is 3.61. The topological polar surface area (TPSA) is 3.24 Å². The molecule has 3 saturated carbocycles. The maximum Gasteiger partial charge on any atom is 0.0465 e. The van der Waals surface area contributed by atoms with Gasteiger partial charge in [0.25, 0.3) is 0 Å². The van der Waals surface area contributed by atoms with Gasteiger partial charge in [-0.3, -0.25) is 0 Å². The van der Waals surface area contributed by atoms with Crippen molar-refractivity contribution in [3.05, 3.63) is 161 Å². The maximum absolute atomic E-state index is 2.62. The van der Waals surface area contributed by atoms with Gasteiger partial charge < -0.3 is 4.90 Å². The lowest BCUT2D eigenvalue weighted by atomic mass is 9.71. The van der Waals surface area contributed by atoms with Crippen molar-refractivity contribution in [1.29, 1.82) is 0 Å². The lowest BCUT2D eigenvalue weighted by Gasteiger charge is -2.33. The molecule has 0 saturated heterocycles. The summed E-state index contributed by atoms with van der Waals surface area (Å²) in [6.07, 6.45) is 25.1. The molecule has 1 nitrogen and oxygen atoms in total. The number of hydrogen-bond donors (Lipinski definition) is 0. The highest BCUT2D eigenvalue weighted by atomic mass is 15.1. The molecule has 1 heteroatoms. The van der Waals surface area contributed by atoms with E-state index in [1.807, 2.05) is 0 Å². The smallest absolute Gasteiger partial charge is 0.0465 e. The van der Waals surface area contributed by atoms with Gasteiger partial charge >= 0.3 is 0 Å². The van der Waals surface area contributed by atoms with Crippen molar-refractivity contribution < 1.29 is 0 Å². The van der Waals surface area contributed by atoms with Crippen molar-refractivity contribution in [3.63, 3.8) is 0 Å². The van der Waals surface area contributed by atoms with Crippen LogP contribution in [0, 0.1) is 0 Å². The van der Waals surface area contributed by atoms with Gasteiger partial charge in [-0.2, -0.15) is 0 Å². The summed E-state index contributed by atoms with van der Waals surface area (Å²) >= 11 is 0. The summed E-state index contributed by atoms with van der Waals surface area (Å²) in [5.74, 6) is 2.10. The zero-order valence-corrected chi connectivity index (χ0v) is 37.8. The first-order chi connectivity index (χ1) is 30.6. The van der Waals surface area contributed by atoms with Crippen LogP contribution in [0.1, 0.15) is 181 Å². The van der Waals surface area contributed by atoms with E-state index in [2.05, 4.69) is 152 Å². The zero-order valence-electron chi connectivity index (χ0n) is 37.8. The molecule has 10 rings (SSSR count). The molecule has 4 aliphatic rings. The second-order valence-corrected chi connectivity index (χ2v) is 19.8. The van der Waals surface area contributed by atoms with Gasteiger partial charge in [-0.05, 0) is 167 Å². The Kier molecular flexibility index (Phi) is 12.2. The molecule has 0 unspecified atom stereocenters. The fraction of sp³-hybridized carbons (Fsp3) is 0.410. The third kappa shape index (κ3) is 8.11. The first-order valence-corrected chi connectivity index (χ1v) is 25.1.